The Bertz CT molecular complexity index is 1180. The maximum Gasteiger partial charge on any atom is 0.322 e. The highest BCUT2D eigenvalue weighted by Crippen LogP contribution is 2.29. The molecule has 1 atom stereocenters. The minimum absolute atomic E-state index is 0.116. The van der Waals surface area contributed by atoms with Gasteiger partial charge >= 0.3 is 6.01 Å². The molecule has 0 bridgehead atoms. The van der Waals surface area contributed by atoms with Gasteiger partial charge in [0.2, 0.25) is 15.9 Å². The molecule has 1 aliphatic heterocycles. The number of nitrogens with one attached hydrogen (secondary N) is 1. The van der Waals surface area contributed by atoms with Crippen LogP contribution in [-0.4, -0.2) is 41.4 Å². The largest absolute Gasteiger partial charge is 0.403 e. The molecule has 1 N–H and O–H groups in total. The molecular weight excluding hydrogens is 428 g/mol. The Hall–Kier alpha value is -2.75. The fraction of sp³-hybridized carbons (Fsp3) is 0.250. The minimum atomic E-state index is -3.80. The van der Waals surface area contributed by atoms with Crippen LogP contribution in [-0.2, 0) is 14.8 Å². The van der Waals surface area contributed by atoms with E-state index in [4.69, 9.17) is 16.0 Å². The molecule has 1 saturated heterocycles. The fourth-order valence-corrected chi connectivity index (χ4v) is 5.21. The second-order valence-electron chi connectivity index (χ2n) is 6.97. The Morgan fingerprint density at radius 1 is 1.17 bits per heavy atom. The summed E-state index contributed by atoms with van der Waals surface area (Å²) in [7, 11) is -3.80. The Balaban J connectivity index is 1.52. The van der Waals surface area contributed by atoms with Crippen molar-refractivity contribution in [2.45, 2.75) is 30.7 Å². The summed E-state index contributed by atoms with van der Waals surface area (Å²) in [5.74, 6) is -0.357. The molecule has 10 heteroatoms. The van der Waals surface area contributed by atoms with Crippen molar-refractivity contribution in [2.24, 2.45) is 0 Å². The van der Waals surface area contributed by atoms with Crippen molar-refractivity contribution >= 4 is 33.5 Å². The molecular formula is C20H19ClN4O4S. The van der Waals surface area contributed by atoms with Crippen LogP contribution in [0.5, 0.6) is 0 Å². The number of carbonyl (C=O) groups excluding carboxylic acids is 1. The smallest absolute Gasteiger partial charge is 0.322 e. The normalized spacial score (nSPS) is 17.2. The lowest BCUT2D eigenvalue weighted by Crippen LogP contribution is -2.43. The van der Waals surface area contributed by atoms with E-state index in [2.05, 4.69) is 15.5 Å². The van der Waals surface area contributed by atoms with Gasteiger partial charge in [-0.2, -0.15) is 4.31 Å². The van der Waals surface area contributed by atoms with Crippen molar-refractivity contribution in [2.75, 3.05) is 11.9 Å². The average molecular weight is 447 g/mol. The topological polar surface area (TPSA) is 105 Å². The number of rotatable bonds is 5. The van der Waals surface area contributed by atoms with Gasteiger partial charge < -0.3 is 4.42 Å². The summed E-state index contributed by atoms with van der Waals surface area (Å²) in [5.41, 5.74) is 1.49. The van der Waals surface area contributed by atoms with Gasteiger partial charge in [0.15, 0.2) is 0 Å². The van der Waals surface area contributed by atoms with Crippen LogP contribution >= 0.6 is 11.6 Å². The summed E-state index contributed by atoms with van der Waals surface area (Å²) in [4.78, 5) is 13.0. The third kappa shape index (κ3) is 3.96. The van der Waals surface area contributed by atoms with Crippen molar-refractivity contribution in [3.05, 3.63) is 59.1 Å². The molecule has 0 aliphatic carbocycles. The molecule has 1 aliphatic rings. The SMILES string of the molecule is Cc1ccc(S(=O)(=O)N2CCCC2C(=O)Nc2nnc(-c3ccccc3Cl)o2)cc1. The van der Waals surface area contributed by atoms with Gasteiger partial charge in [-0.3, -0.25) is 10.1 Å². The van der Waals surface area contributed by atoms with E-state index in [0.29, 0.717) is 23.4 Å². The molecule has 30 heavy (non-hydrogen) atoms. The summed E-state index contributed by atoms with van der Waals surface area (Å²) >= 11 is 6.13. The van der Waals surface area contributed by atoms with E-state index in [0.717, 1.165) is 5.56 Å². The summed E-state index contributed by atoms with van der Waals surface area (Å²) < 4.78 is 32.8. The van der Waals surface area contributed by atoms with Gasteiger partial charge in [0, 0.05) is 6.54 Å². The second-order valence-corrected chi connectivity index (χ2v) is 9.27. The van der Waals surface area contributed by atoms with Crippen LogP contribution in [0.15, 0.2) is 57.8 Å². The van der Waals surface area contributed by atoms with Gasteiger partial charge in [-0.05, 0) is 44.0 Å². The number of carbonyl (C=O) groups is 1. The van der Waals surface area contributed by atoms with Crippen LogP contribution in [0.4, 0.5) is 6.01 Å². The number of nitrogens with zero attached hydrogens (tertiary/aromatic N) is 3. The third-order valence-electron chi connectivity index (χ3n) is 4.89. The lowest BCUT2D eigenvalue weighted by molar-refractivity contribution is -0.119. The van der Waals surface area contributed by atoms with Crippen molar-refractivity contribution in [1.82, 2.24) is 14.5 Å². The Labute approximate surface area is 178 Å². The van der Waals surface area contributed by atoms with E-state index in [9.17, 15) is 13.2 Å². The van der Waals surface area contributed by atoms with Crippen molar-refractivity contribution in [1.29, 1.82) is 0 Å². The summed E-state index contributed by atoms with van der Waals surface area (Å²) in [6.45, 7) is 2.15. The lowest BCUT2D eigenvalue weighted by atomic mass is 10.2. The Kier molecular flexibility index (Phi) is 5.59. The first-order chi connectivity index (χ1) is 14.4. The zero-order valence-corrected chi connectivity index (χ0v) is 17.7. The van der Waals surface area contributed by atoms with Gasteiger partial charge in [-0.25, -0.2) is 8.42 Å². The predicted molar refractivity (Wildman–Crippen MR) is 111 cm³/mol. The van der Waals surface area contributed by atoms with Gasteiger partial charge in [-0.15, -0.1) is 5.10 Å². The van der Waals surface area contributed by atoms with E-state index >= 15 is 0 Å². The number of benzene rings is 2. The first-order valence-electron chi connectivity index (χ1n) is 9.34. The second kappa shape index (κ2) is 8.17. The highest BCUT2D eigenvalue weighted by atomic mass is 35.5. The molecule has 1 unspecified atom stereocenters. The highest BCUT2D eigenvalue weighted by molar-refractivity contribution is 7.89. The number of halogens is 1. The molecule has 1 aromatic heterocycles. The van der Waals surface area contributed by atoms with Crippen LogP contribution < -0.4 is 5.32 Å². The van der Waals surface area contributed by atoms with Gasteiger partial charge in [0.05, 0.1) is 15.5 Å². The maximum atomic E-state index is 13.0. The Morgan fingerprint density at radius 3 is 2.63 bits per heavy atom. The third-order valence-corrected chi connectivity index (χ3v) is 7.15. The molecule has 0 spiro atoms. The van der Waals surface area contributed by atoms with Crippen LogP contribution in [0.25, 0.3) is 11.5 Å². The minimum Gasteiger partial charge on any atom is -0.403 e. The fourth-order valence-electron chi connectivity index (χ4n) is 3.34. The molecule has 4 rings (SSSR count). The summed E-state index contributed by atoms with van der Waals surface area (Å²) in [6, 6.07) is 12.5. The van der Waals surface area contributed by atoms with Crippen molar-refractivity contribution in [3.8, 4) is 11.5 Å². The molecule has 3 aromatic rings. The number of anilines is 1. The quantitative estimate of drug-likeness (QED) is 0.643. The summed E-state index contributed by atoms with van der Waals surface area (Å²) in [5, 5.41) is 10.7. The average Bonchev–Trinajstić information content (AvgIpc) is 3.39. The Morgan fingerprint density at radius 2 is 1.90 bits per heavy atom. The molecule has 2 aromatic carbocycles. The van der Waals surface area contributed by atoms with Crippen LogP contribution in [0.3, 0.4) is 0 Å². The van der Waals surface area contributed by atoms with Crippen molar-refractivity contribution in [3.63, 3.8) is 0 Å². The number of aryl methyl sites for hydroxylation is 1. The van der Waals surface area contributed by atoms with Crippen LogP contribution in [0, 0.1) is 6.92 Å². The number of hydrogen-bond donors (Lipinski definition) is 1. The molecule has 0 radical (unpaired) electrons. The number of hydrogen-bond acceptors (Lipinski definition) is 6. The number of amides is 1. The van der Waals surface area contributed by atoms with Crippen LogP contribution in [0.2, 0.25) is 5.02 Å². The molecule has 156 valence electrons. The van der Waals surface area contributed by atoms with Crippen molar-refractivity contribution < 1.29 is 17.6 Å². The van der Waals surface area contributed by atoms with E-state index < -0.39 is 22.0 Å². The first kappa shape index (κ1) is 20.5. The van der Waals surface area contributed by atoms with Crippen LogP contribution in [0.1, 0.15) is 18.4 Å². The lowest BCUT2D eigenvalue weighted by Gasteiger charge is -2.22. The molecule has 8 nitrogen and oxygen atoms in total. The van der Waals surface area contributed by atoms with E-state index in [1.165, 1.54) is 4.31 Å². The zero-order valence-electron chi connectivity index (χ0n) is 16.1. The molecule has 1 fully saturated rings. The standard InChI is InChI=1S/C20H19ClN4O4S/c1-13-8-10-14(11-9-13)30(27,28)25-12-4-7-17(25)18(26)22-20-24-23-19(29-20)15-5-2-3-6-16(15)21/h2-3,5-6,8-11,17H,4,7,12H2,1H3,(H,22,24,26). The van der Waals surface area contributed by atoms with E-state index in [1.807, 2.05) is 6.92 Å². The van der Waals surface area contributed by atoms with E-state index in [1.54, 1.807) is 48.5 Å². The molecule has 0 saturated carbocycles. The number of sulfonamides is 1. The summed E-state index contributed by atoms with van der Waals surface area (Å²) in [6.07, 6.45) is 0.986. The maximum absolute atomic E-state index is 13.0. The predicted octanol–water partition coefficient (Wildman–Crippen LogP) is 3.49. The van der Waals surface area contributed by atoms with Gasteiger partial charge in [-0.1, -0.05) is 46.5 Å². The molecule has 1 amide bonds. The number of aromatic nitrogens is 2. The first-order valence-corrected chi connectivity index (χ1v) is 11.2. The highest BCUT2D eigenvalue weighted by Gasteiger charge is 2.39. The van der Waals surface area contributed by atoms with Gasteiger partial charge in [0.1, 0.15) is 6.04 Å². The zero-order chi connectivity index (χ0) is 21.3. The van der Waals surface area contributed by atoms with E-state index in [-0.39, 0.29) is 23.3 Å². The molecule has 2 heterocycles. The van der Waals surface area contributed by atoms with Gasteiger partial charge in [0.25, 0.3) is 5.89 Å². The monoisotopic (exact) mass is 446 g/mol.